The highest BCUT2D eigenvalue weighted by atomic mass is 35.5. The van der Waals surface area contributed by atoms with Crippen molar-refractivity contribution in [2.45, 2.75) is 57.9 Å². The third-order valence-corrected chi connectivity index (χ3v) is 11.0. The van der Waals surface area contributed by atoms with E-state index in [1.807, 2.05) is 17.0 Å². The van der Waals surface area contributed by atoms with Crippen LogP contribution < -0.4 is 5.32 Å². The Hall–Kier alpha value is -2.18. The number of nitrogens with one attached hydrogen (secondary N) is 1. The number of fused-ring (bicyclic) bond motifs is 1. The average Bonchev–Trinajstić information content (AvgIpc) is 3.37. The van der Waals surface area contributed by atoms with Gasteiger partial charge in [0, 0.05) is 75.2 Å². The van der Waals surface area contributed by atoms with Gasteiger partial charge in [-0.05, 0) is 43.4 Å². The van der Waals surface area contributed by atoms with E-state index in [9.17, 15) is 22.8 Å². The van der Waals surface area contributed by atoms with Crippen molar-refractivity contribution in [2.75, 3.05) is 44.4 Å². The van der Waals surface area contributed by atoms with E-state index in [0.717, 1.165) is 28.1 Å². The number of ether oxygens (including phenoxy) is 1. The van der Waals surface area contributed by atoms with E-state index in [1.165, 1.54) is 11.3 Å². The van der Waals surface area contributed by atoms with Gasteiger partial charge in [0.15, 0.2) is 15.6 Å². The Labute approximate surface area is 257 Å². The Morgan fingerprint density at radius 3 is 2.62 bits per heavy atom. The molecule has 3 heterocycles. The van der Waals surface area contributed by atoms with Gasteiger partial charge in [0.1, 0.15) is 5.78 Å². The van der Waals surface area contributed by atoms with Gasteiger partial charge in [-0.1, -0.05) is 25.1 Å². The summed E-state index contributed by atoms with van der Waals surface area (Å²) >= 11 is 7.62. The van der Waals surface area contributed by atoms with Crippen molar-refractivity contribution in [1.82, 2.24) is 15.2 Å². The van der Waals surface area contributed by atoms with E-state index in [4.69, 9.17) is 16.3 Å². The first-order valence-electron chi connectivity index (χ1n) is 14.6. The monoisotopic (exact) mass is 637 g/mol. The summed E-state index contributed by atoms with van der Waals surface area (Å²) in [7, 11) is -3.00. The number of carbonyl (C=O) groups is 3. The lowest BCUT2D eigenvalue weighted by Crippen LogP contribution is -2.46. The molecule has 1 aromatic carbocycles. The van der Waals surface area contributed by atoms with E-state index in [1.54, 1.807) is 13.0 Å². The molecule has 12 heteroatoms. The summed E-state index contributed by atoms with van der Waals surface area (Å²) in [6.07, 6.45) is 3.06. The van der Waals surface area contributed by atoms with E-state index in [0.29, 0.717) is 62.7 Å². The highest BCUT2D eigenvalue weighted by molar-refractivity contribution is 7.91. The van der Waals surface area contributed by atoms with Crippen LogP contribution in [-0.4, -0.2) is 86.2 Å². The third kappa shape index (κ3) is 9.41. The number of halogens is 1. The van der Waals surface area contributed by atoms with Crippen LogP contribution in [0, 0.1) is 11.8 Å². The molecule has 2 fully saturated rings. The number of thiazole rings is 1. The molecule has 0 saturated carbocycles. The Bertz CT molecular complexity index is 1390. The second kappa shape index (κ2) is 15.0. The van der Waals surface area contributed by atoms with Gasteiger partial charge in [-0.25, -0.2) is 13.4 Å². The van der Waals surface area contributed by atoms with Gasteiger partial charge in [0.2, 0.25) is 5.91 Å². The van der Waals surface area contributed by atoms with Crippen molar-refractivity contribution in [3.8, 4) is 0 Å². The quantitative estimate of drug-likeness (QED) is 0.308. The van der Waals surface area contributed by atoms with Crippen LogP contribution in [0.15, 0.2) is 30.4 Å². The van der Waals surface area contributed by atoms with Crippen molar-refractivity contribution in [3.05, 3.63) is 40.4 Å². The molecule has 0 unspecified atom stereocenters. The standard InChI is InChI=1S/C30H40ClN3O6S2/c1-3-24(35)16-22(17-29-32-26-5-4-23(31)18-28(26)41-29)30(37)33-25(21-8-12-40-13-9-21)6-7-27(36)20(2)19-34-10-14-42(38,39)15-11-34/h4-5,18,21-22,25H,2-3,6-17,19H2,1H3,(H,33,37)/t22-,25+/m0/s1. The molecule has 2 saturated heterocycles. The zero-order valence-corrected chi connectivity index (χ0v) is 26.5. The highest BCUT2D eigenvalue weighted by Crippen LogP contribution is 2.28. The number of benzene rings is 1. The lowest BCUT2D eigenvalue weighted by Gasteiger charge is -2.32. The van der Waals surface area contributed by atoms with Gasteiger partial charge in [-0.3, -0.25) is 19.3 Å². The van der Waals surface area contributed by atoms with Crippen LogP contribution in [0.25, 0.3) is 10.2 Å². The van der Waals surface area contributed by atoms with Crippen LogP contribution in [0.4, 0.5) is 0 Å². The molecule has 9 nitrogen and oxygen atoms in total. The molecule has 0 spiro atoms. The Balaban J connectivity index is 1.41. The van der Waals surface area contributed by atoms with Gasteiger partial charge in [-0.15, -0.1) is 11.3 Å². The number of amides is 1. The van der Waals surface area contributed by atoms with Crippen LogP contribution in [0.5, 0.6) is 0 Å². The summed E-state index contributed by atoms with van der Waals surface area (Å²) in [5.74, 6) is -0.497. The first kappa shape index (κ1) is 32.7. The molecule has 42 heavy (non-hydrogen) atoms. The minimum Gasteiger partial charge on any atom is -0.381 e. The Morgan fingerprint density at radius 2 is 1.93 bits per heavy atom. The smallest absolute Gasteiger partial charge is 0.224 e. The molecule has 0 radical (unpaired) electrons. The van der Waals surface area contributed by atoms with Gasteiger partial charge in [-0.2, -0.15) is 0 Å². The van der Waals surface area contributed by atoms with Gasteiger partial charge >= 0.3 is 0 Å². The molecule has 0 bridgehead atoms. The second-order valence-corrected chi connectivity index (χ2v) is 15.1. The average molecular weight is 638 g/mol. The number of aromatic nitrogens is 1. The third-order valence-electron chi connectivity index (χ3n) is 8.15. The van der Waals surface area contributed by atoms with Crippen LogP contribution in [0.3, 0.4) is 0 Å². The predicted molar refractivity (Wildman–Crippen MR) is 166 cm³/mol. The molecule has 0 aliphatic carbocycles. The predicted octanol–water partition coefficient (Wildman–Crippen LogP) is 4.02. The molecular formula is C30H40ClN3O6S2. The molecule has 1 amide bonds. The van der Waals surface area contributed by atoms with Crippen molar-refractivity contribution < 1.29 is 27.5 Å². The number of hydrogen-bond acceptors (Lipinski definition) is 9. The minimum absolute atomic E-state index is 0.0129. The normalized spacial score (nSPS) is 19.3. The zero-order valence-electron chi connectivity index (χ0n) is 24.1. The van der Waals surface area contributed by atoms with E-state index >= 15 is 0 Å². The van der Waals surface area contributed by atoms with E-state index in [-0.39, 0.29) is 53.8 Å². The first-order chi connectivity index (χ1) is 20.0. The topological polar surface area (TPSA) is 123 Å². The Kier molecular flexibility index (Phi) is 11.7. The number of hydrogen-bond donors (Lipinski definition) is 1. The molecule has 1 aromatic heterocycles. The van der Waals surface area contributed by atoms with E-state index in [2.05, 4.69) is 16.9 Å². The summed E-state index contributed by atoms with van der Waals surface area (Å²) in [6, 6.07) is 5.24. The molecule has 2 atom stereocenters. The maximum absolute atomic E-state index is 13.7. The summed E-state index contributed by atoms with van der Waals surface area (Å²) in [5.41, 5.74) is 1.26. The Morgan fingerprint density at radius 1 is 1.21 bits per heavy atom. The lowest BCUT2D eigenvalue weighted by molar-refractivity contribution is -0.130. The number of sulfone groups is 1. The molecule has 1 N–H and O–H groups in total. The first-order valence-corrected chi connectivity index (χ1v) is 17.6. The number of Topliss-reactive ketones (excluding diaryl/α,β-unsaturated/α-hetero) is 2. The fourth-order valence-corrected chi connectivity index (χ4v) is 8.10. The fourth-order valence-electron chi connectivity index (χ4n) is 5.50. The van der Waals surface area contributed by atoms with Crippen LogP contribution in [-0.2, 0) is 35.4 Å². The second-order valence-electron chi connectivity index (χ2n) is 11.3. The van der Waals surface area contributed by atoms with Crippen molar-refractivity contribution in [1.29, 1.82) is 0 Å². The highest BCUT2D eigenvalue weighted by Gasteiger charge is 2.31. The van der Waals surface area contributed by atoms with Crippen LogP contribution >= 0.6 is 22.9 Å². The van der Waals surface area contributed by atoms with Crippen molar-refractivity contribution >= 4 is 60.5 Å². The van der Waals surface area contributed by atoms with Gasteiger partial charge in [0.05, 0.1) is 32.6 Å². The minimum atomic E-state index is -3.00. The maximum Gasteiger partial charge on any atom is 0.224 e. The SMILES string of the molecule is C=C(CN1CCS(=O)(=O)CC1)C(=O)CC[C@@H](NC(=O)[C@@H](CC(=O)CC)Cc1nc2ccc(Cl)cc2s1)C1CCOCC1. The zero-order chi connectivity index (χ0) is 30.3. The summed E-state index contributed by atoms with van der Waals surface area (Å²) in [5, 5.41) is 4.61. The number of rotatable bonds is 14. The molecule has 4 rings (SSSR count). The molecule has 230 valence electrons. The molecular weight excluding hydrogens is 598 g/mol. The van der Waals surface area contributed by atoms with Crippen LogP contribution in [0.2, 0.25) is 5.02 Å². The molecule has 2 aliphatic rings. The number of ketones is 2. The van der Waals surface area contributed by atoms with E-state index < -0.39 is 15.8 Å². The van der Waals surface area contributed by atoms with Crippen LogP contribution in [0.1, 0.15) is 50.5 Å². The van der Waals surface area contributed by atoms with Crippen molar-refractivity contribution in [3.63, 3.8) is 0 Å². The maximum atomic E-state index is 13.7. The number of carbonyl (C=O) groups excluding carboxylic acids is 3. The lowest BCUT2D eigenvalue weighted by atomic mass is 9.87. The fraction of sp³-hybridized carbons (Fsp3) is 0.600. The largest absolute Gasteiger partial charge is 0.381 e. The molecule has 2 aliphatic heterocycles. The summed E-state index contributed by atoms with van der Waals surface area (Å²) in [6.45, 7) is 8.11. The van der Waals surface area contributed by atoms with Crippen molar-refractivity contribution in [2.24, 2.45) is 11.8 Å². The van der Waals surface area contributed by atoms with Gasteiger partial charge < -0.3 is 10.1 Å². The summed E-state index contributed by atoms with van der Waals surface area (Å²) in [4.78, 5) is 45.9. The molecule has 2 aromatic rings. The van der Waals surface area contributed by atoms with Gasteiger partial charge in [0.25, 0.3) is 0 Å². The number of nitrogens with zero attached hydrogens (tertiary/aromatic N) is 2. The summed E-state index contributed by atoms with van der Waals surface area (Å²) < 4.78 is 29.9.